The topological polar surface area (TPSA) is 59.6 Å². The number of hydrogen-bond donors (Lipinski definition) is 2. The maximum absolute atomic E-state index is 11.9. The lowest BCUT2D eigenvalue weighted by atomic mass is 10.1. The van der Waals surface area contributed by atoms with Gasteiger partial charge in [-0.2, -0.15) is 0 Å². The third-order valence-corrected chi connectivity index (χ3v) is 3.78. The third kappa shape index (κ3) is 9.33. The third-order valence-electron chi connectivity index (χ3n) is 3.19. The lowest BCUT2D eigenvalue weighted by Gasteiger charge is -2.21. The molecule has 0 unspecified atom stereocenters. The van der Waals surface area contributed by atoms with Crippen molar-refractivity contribution in [1.29, 1.82) is 0 Å². The van der Waals surface area contributed by atoms with E-state index in [9.17, 15) is 4.79 Å². The van der Waals surface area contributed by atoms with Gasteiger partial charge >= 0.3 is 0 Å². The maximum Gasteiger partial charge on any atom is 0.258 e. The number of carbonyl (C=O) groups excluding carboxylic acids is 1. The molecule has 0 radical (unpaired) electrons. The molecule has 1 aromatic rings. The lowest BCUT2D eigenvalue weighted by Crippen LogP contribution is -2.43. The van der Waals surface area contributed by atoms with Crippen LogP contribution in [0.1, 0.15) is 46.1 Å². The molecule has 0 heterocycles. The van der Waals surface area contributed by atoms with E-state index in [0.717, 1.165) is 29.5 Å². The summed E-state index contributed by atoms with van der Waals surface area (Å²) in [5, 5.41) is 6.26. The number of carbonyl (C=O) groups is 1. The van der Waals surface area contributed by atoms with Gasteiger partial charge in [0.15, 0.2) is 18.1 Å². The molecule has 5 nitrogen and oxygen atoms in total. The van der Waals surface area contributed by atoms with Crippen LogP contribution in [0.3, 0.4) is 0 Å². The number of rotatable bonds is 9. The smallest absolute Gasteiger partial charge is 0.258 e. The van der Waals surface area contributed by atoms with Crippen LogP contribution in [0.25, 0.3) is 0 Å². The monoisotopic (exact) mass is 436 g/mol. The van der Waals surface area contributed by atoms with Crippen molar-refractivity contribution in [3.63, 3.8) is 0 Å². The van der Waals surface area contributed by atoms with Gasteiger partial charge in [-0.25, -0.2) is 0 Å². The largest absolute Gasteiger partial charge is 0.493 e. The summed E-state index contributed by atoms with van der Waals surface area (Å²) in [7, 11) is 1.60. The van der Waals surface area contributed by atoms with Crippen molar-refractivity contribution in [2.75, 3.05) is 20.3 Å². The summed E-state index contributed by atoms with van der Waals surface area (Å²) in [6, 6.07) is 3.92. The SMILES string of the molecule is CCCCNCc1cc(Br)c(OCC(=O)NC(C)(C)C)c(OC)c1.Cl. The van der Waals surface area contributed by atoms with Gasteiger partial charge in [0.05, 0.1) is 11.6 Å². The van der Waals surface area contributed by atoms with Crippen LogP contribution in [-0.2, 0) is 11.3 Å². The first kappa shape index (κ1) is 24.0. The van der Waals surface area contributed by atoms with E-state index in [1.165, 1.54) is 6.42 Å². The van der Waals surface area contributed by atoms with Crippen molar-refractivity contribution in [2.24, 2.45) is 0 Å². The Morgan fingerprint density at radius 3 is 2.52 bits per heavy atom. The molecule has 144 valence electrons. The molecule has 0 atom stereocenters. The maximum atomic E-state index is 11.9. The Balaban J connectivity index is 0.00000576. The zero-order valence-corrected chi connectivity index (χ0v) is 18.1. The molecule has 1 aromatic carbocycles. The second-order valence-corrected chi connectivity index (χ2v) is 7.58. The Labute approximate surface area is 165 Å². The van der Waals surface area contributed by atoms with E-state index in [1.807, 2.05) is 32.9 Å². The zero-order valence-electron chi connectivity index (χ0n) is 15.7. The van der Waals surface area contributed by atoms with Gasteiger partial charge in [0.25, 0.3) is 5.91 Å². The Morgan fingerprint density at radius 2 is 1.96 bits per heavy atom. The van der Waals surface area contributed by atoms with Crippen LogP contribution in [0.4, 0.5) is 0 Å². The van der Waals surface area contributed by atoms with Crippen LogP contribution in [-0.4, -0.2) is 31.7 Å². The highest BCUT2D eigenvalue weighted by Gasteiger charge is 2.17. The predicted octanol–water partition coefficient (Wildman–Crippen LogP) is 4.06. The van der Waals surface area contributed by atoms with Crippen molar-refractivity contribution in [1.82, 2.24) is 10.6 Å². The van der Waals surface area contributed by atoms with Crippen molar-refractivity contribution < 1.29 is 14.3 Å². The summed E-state index contributed by atoms with van der Waals surface area (Å²) >= 11 is 3.51. The molecule has 0 aliphatic heterocycles. The van der Waals surface area contributed by atoms with E-state index in [-0.39, 0.29) is 30.5 Å². The van der Waals surface area contributed by atoms with Crippen LogP contribution in [0.2, 0.25) is 0 Å². The van der Waals surface area contributed by atoms with Gasteiger partial charge in [-0.1, -0.05) is 13.3 Å². The highest BCUT2D eigenvalue weighted by atomic mass is 79.9. The highest BCUT2D eigenvalue weighted by molar-refractivity contribution is 9.10. The second kappa shape index (κ2) is 11.6. The molecule has 1 amide bonds. The van der Waals surface area contributed by atoms with Gasteiger partial charge in [0.2, 0.25) is 0 Å². The van der Waals surface area contributed by atoms with Crippen LogP contribution in [0.15, 0.2) is 16.6 Å². The highest BCUT2D eigenvalue weighted by Crippen LogP contribution is 2.36. The summed E-state index contributed by atoms with van der Waals surface area (Å²) < 4.78 is 11.8. The number of nitrogens with one attached hydrogen (secondary N) is 2. The minimum absolute atomic E-state index is 0. The summed E-state index contributed by atoms with van der Waals surface area (Å²) in [6.45, 7) is 9.66. The van der Waals surface area contributed by atoms with Crippen LogP contribution < -0.4 is 20.1 Å². The Morgan fingerprint density at radius 1 is 1.28 bits per heavy atom. The molecule has 0 saturated carbocycles. The molecule has 0 fully saturated rings. The Hall–Kier alpha value is -0.980. The number of ether oxygens (including phenoxy) is 2. The minimum atomic E-state index is -0.282. The molecule has 0 saturated heterocycles. The fourth-order valence-corrected chi connectivity index (χ4v) is 2.75. The van der Waals surface area contributed by atoms with Gasteiger partial charge < -0.3 is 20.1 Å². The average Bonchev–Trinajstić information content (AvgIpc) is 2.48. The number of halogens is 2. The number of unbranched alkanes of at least 4 members (excludes halogenated alkanes) is 1. The van der Waals surface area contributed by atoms with Gasteiger partial charge in [0, 0.05) is 12.1 Å². The second-order valence-electron chi connectivity index (χ2n) is 6.73. The minimum Gasteiger partial charge on any atom is -0.493 e. The van der Waals surface area contributed by atoms with Gasteiger partial charge in [-0.3, -0.25) is 4.79 Å². The Kier molecular flexibility index (Phi) is 11.1. The van der Waals surface area contributed by atoms with E-state index < -0.39 is 0 Å². The van der Waals surface area contributed by atoms with Gasteiger partial charge in [-0.05, 0) is 67.4 Å². The first-order chi connectivity index (χ1) is 11.3. The van der Waals surface area contributed by atoms with E-state index in [0.29, 0.717) is 11.5 Å². The predicted molar refractivity (Wildman–Crippen MR) is 108 cm³/mol. The standard InChI is InChI=1S/C18H29BrN2O3.ClH/c1-6-7-8-20-11-13-9-14(19)17(15(10-13)23-5)24-12-16(22)21-18(2,3)4;/h9-10,20H,6-8,11-12H2,1-5H3,(H,21,22);1H. The molecule has 25 heavy (non-hydrogen) atoms. The first-order valence-corrected chi connectivity index (χ1v) is 9.07. The number of methoxy groups -OCH3 is 1. The molecule has 0 aromatic heterocycles. The van der Waals surface area contributed by atoms with Gasteiger partial charge in [0.1, 0.15) is 0 Å². The van der Waals surface area contributed by atoms with Crippen LogP contribution in [0.5, 0.6) is 11.5 Å². The molecule has 1 rings (SSSR count). The van der Waals surface area contributed by atoms with E-state index in [1.54, 1.807) is 7.11 Å². The lowest BCUT2D eigenvalue weighted by molar-refractivity contribution is -0.124. The molecule has 0 bridgehead atoms. The van der Waals surface area contributed by atoms with Crippen LogP contribution in [0, 0.1) is 0 Å². The molecule has 0 aliphatic rings. The number of benzene rings is 1. The summed E-state index contributed by atoms with van der Waals surface area (Å²) in [6.07, 6.45) is 2.33. The van der Waals surface area contributed by atoms with E-state index in [2.05, 4.69) is 33.5 Å². The van der Waals surface area contributed by atoms with E-state index >= 15 is 0 Å². The summed E-state index contributed by atoms with van der Waals surface area (Å²) in [5.41, 5.74) is 0.816. The van der Waals surface area contributed by atoms with Gasteiger partial charge in [-0.15, -0.1) is 12.4 Å². The van der Waals surface area contributed by atoms with Crippen molar-refractivity contribution in [3.8, 4) is 11.5 Å². The fraction of sp³-hybridized carbons (Fsp3) is 0.611. The number of hydrogen-bond acceptors (Lipinski definition) is 4. The van der Waals surface area contributed by atoms with Crippen molar-refractivity contribution in [2.45, 2.75) is 52.6 Å². The average molecular weight is 438 g/mol. The molecule has 2 N–H and O–H groups in total. The molecular weight excluding hydrogens is 408 g/mol. The first-order valence-electron chi connectivity index (χ1n) is 8.27. The Bertz CT molecular complexity index is 548. The normalized spacial score (nSPS) is 10.8. The van der Waals surface area contributed by atoms with Crippen molar-refractivity contribution in [3.05, 3.63) is 22.2 Å². The molecular formula is C18H30BrClN2O3. The zero-order chi connectivity index (χ0) is 18.2. The van der Waals surface area contributed by atoms with Crippen LogP contribution >= 0.6 is 28.3 Å². The summed E-state index contributed by atoms with van der Waals surface area (Å²) in [4.78, 5) is 11.9. The quantitative estimate of drug-likeness (QED) is 0.572. The van der Waals surface area contributed by atoms with Crippen molar-refractivity contribution >= 4 is 34.2 Å². The molecule has 7 heteroatoms. The number of amides is 1. The fourth-order valence-electron chi connectivity index (χ4n) is 2.14. The summed E-state index contributed by atoms with van der Waals surface area (Å²) in [5.74, 6) is 0.987. The molecule has 0 spiro atoms. The van der Waals surface area contributed by atoms with E-state index in [4.69, 9.17) is 9.47 Å². The molecule has 0 aliphatic carbocycles.